The Morgan fingerprint density at radius 3 is 1.50 bits per heavy atom. The molecule has 2 nitrogen and oxygen atoms in total. The molecule has 0 fully saturated rings. The Kier molecular flexibility index (Phi) is 150. The molecule has 6 heavy (non-hydrogen) atoms. The Balaban J connectivity index is -0.0000000275. The first-order chi connectivity index (χ1) is 2.41. The van der Waals surface area contributed by atoms with Crippen molar-refractivity contribution in [3.05, 3.63) is 0 Å². The summed E-state index contributed by atoms with van der Waals surface area (Å²) in [5.41, 5.74) is 0. The summed E-state index contributed by atoms with van der Waals surface area (Å²) in [6, 6.07) is 0. The molecule has 0 N–H and O–H groups in total. The minimum atomic E-state index is 0. The van der Waals surface area contributed by atoms with Crippen LogP contribution in [-0.2, 0) is 42.1 Å². The van der Waals surface area contributed by atoms with Crippen molar-refractivity contribution in [3.63, 3.8) is 0 Å². The maximum Gasteiger partial charge on any atom is 0 e. The van der Waals surface area contributed by atoms with Crippen LogP contribution in [0.3, 0.4) is 0 Å². The van der Waals surface area contributed by atoms with Crippen molar-refractivity contribution < 1.29 is 42.1 Å². The zero-order valence-electron chi connectivity index (χ0n) is 2.77. The molecule has 0 bridgehead atoms. The van der Waals surface area contributed by atoms with Crippen LogP contribution in [0.25, 0.3) is 0 Å². The van der Waals surface area contributed by atoms with Crippen LogP contribution in [0.2, 0.25) is 0 Å². The Bertz CT molecular complexity index is 25.5. The van der Waals surface area contributed by atoms with Crippen LogP contribution in [0.4, 0.5) is 0 Å². The fraction of sp³-hybridized carbons (Fsp3) is 0. The van der Waals surface area contributed by atoms with Gasteiger partial charge in [0.1, 0.15) is 6.79 Å². The number of rotatable bonds is 0. The van der Waals surface area contributed by atoms with E-state index in [1.807, 2.05) is 6.79 Å². The van der Waals surface area contributed by atoms with Gasteiger partial charge in [-0.3, -0.25) is 0 Å². The Hall–Kier alpha value is 0.353. The molecular weight excluding hydrogens is 171 g/mol. The molecule has 0 saturated carbocycles. The molecule has 0 atom stereocenters. The molecular formula is C2H3FeNiO2. The van der Waals surface area contributed by atoms with Crippen LogP contribution < -0.4 is 0 Å². The largest absolute Gasteiger partial charge is 0 e. The average Bonchev–Trinajstić information content (AvgIpc) is 1.46. The van der Waals surface area contributed by atoms with E-state index in [9.17, 15) is 0 Å². The first-order valence-corrected chi connectivity index (χ1v) is 1.37. The van der Waals surface area contributed by atoms with Gasteiger partial charge in [0.25, 0.3) is 0 Å². The van der Waals surface area contributed by atoms with Gasteiger partial charge in [0.2, 0.25) is 0 Å². The topological polar surface area (TPSA) is 34.1 Å². The molecule has 0 rings (SSSR count). The van der Waals surface area contributed by atoms with E-state index in [4.69, 9.17) is 9.59 Å². The van der Waals surface area contributed by atoms with E-state index in [0.717, 1.165) is 0 Å². The molecule has 0 amide bonds. The van der Waals surface area contributed by atoms with Crippen molar-refractivity contribution in [2.45, 2.75) is 0 Å². The molecule has 41 valence electrons. The smallest absolute Gasteiger partial charge is 0 e. The SMILES string of the molecule is C=O.O=[CH][Fe].[Ni]. The molecule has 0 aliphatic carbocycles. The summed E-state index contributed by atoms with van der Waals surface area (Å²) < 4.78 is 0. The van der Waals surface area contributed by atoms with E-state index >= 15 is 0 Å². The van der Waals surface area contributed by atoms with Crippen LogP contribution >= 0.6 is 0 Å². The molecule has 0 aromatic carbocycles. The normalized spacial score (nSPS) is 2.83. The Labute approximate surface area is 54.4 Å². The monoisotopic (exact) mass is 173 g/mol. The average molecular weight is 174 g/mol. The maximum absolute atomic E-state index is 8.69. The van der Waals surface area contributed by atoms with Crippen molar-refractivity contribution >= 4 is 12.0 Å². The third-order valence-electron chi connectivity index (χ3n) is 0. The fourth-order valence-electron chi connectivity index (χ4n) is 0. The van der Waals surface area contributed by atoms with Gasteiger partial charge < -0.3 is 4.79 Å². The van der Waals surface area contributed by atoms with E-state index < -0.39 is 0 Å². The van der Waals surface area contributed by atoms with Crippen LogP contribution in [0.1, 0.15) is 0 Å². The molecule has 0 unspecified atom stereocenters. The summed E-state index contributed by atoms with van der Waals surface area (Å²) in [6.07, 6.45) is 0. The van der Waals surface area contributed by atoms with Gasteiger partial charge in [-0.15, -0.1) is 0 Å². The van der Waals surface area contributed by atoms with E-state index in [1.54, 1.807) is 0 Å². The van der Waals surface area contributed by atoms with E-state index in [0.29, 0.717) is 5.18 Å². The van der Waals surface area contributed by atoms with Gasteiger partial charge in [-0.1, -0.05) is 0 Å². The van der Waals surface area contributed by atoms with Crippen molar-refractivity contribution in [2.24, 2.45) is 0 Å². The van der Waals surface area contributed by atoms with Gasteiger partial charge in [-0.05, 0) is 0 Å². The fourth-order valence-corrected chi connectivity index (χ4v) is 0. The third-order valence-corrected chi connectivity index (χ3v) is 0. The molecule has 4 heteroatoms. The standard InChI is InChI=1S/CH2O.CHO.Fe.Ni/c2*1-2;;/h1H2;1H;;. The predicted molar refractivity (Wildman–Crippen MR) is 13.9 cm³/mol. The molecule has 0 aliphatic heterocycles. The summed E-state index contributed by atoms with van der Waals surface area (Å²) in [5.74, 6) is 0. The van der Waals surface area contributed by atoms with E-state index in [2.05, 4.69) is 16.0 Å². The summed E-state index contributed by atoms with van der Waals surface area (Å²) >= 11 is 2.81. The van der Waals surface area contributed by atoms with Crippen LogP contribution in [0, 0.1) is 0 Å². The van der Waals surface area contributed by atoms with E-state index in [1.165, 1.54) is 0 Å². The number of hydrogen-bond acceptors (Lipinski definition) is 2. The molecule has 0 radical (unpaired) electrons. The summed E-state index contributed by atoms with van der Waals surface area (Å²) in [4.78, 5) is 16.7. The minimum Gasteiger partial charge on any atom is 0 e. The van der Waals surface area contributed by atoms with Crippen molar-refractivity contribution in [1.82, 2.24) is 0 Å². The third kappa shape index (κ3) is 393. The minimum absolute atomic E-state index is 0. The first-order valence-electron chi connectivity index (χ1n) is 0.729. The van der Waals surface area contributed by atoms with Gasteiger partial charge in [0.15, 0.2) is 0 Å². The summed E-state index contributed by atoms with van der Waals surface area (Å²) in [5, 5.41) is 0.500. The number of carbonyl (C=O) groups is 2. The van der Waals surface area contributed by atoms with Crippen molar-refractivity contribution in [3.8, 4) is 0 Å². The predicted octanol–water partition coefficient (Wildman–Crippen LogP) is -0.464. The second-order valence-electron chi connectivity index (χ2n) is 0.0833. The van der Waals surface area contributed by atoms with Gasteiger partial charge >= 0.3 is 26.0 Å². The number of carbonyl (C=O) groups excluding carboxylic acids is 2. The molecule has 0 saturated heterocycles. The Morgan fingerprint density at radius 2 is 1.50 bits per heavy atom. The molecule has 0 aromatic heterocycles. The molecule has 0 heterocycles. The zero-order chi connectivity index (χ0) is 4.71. The zero-order valence-corrected chi connectivity index (χ0v) is 4.86. The maximum atomic E-state index is 8.69. The van der Waals surface area contributed by atoms with Gasteiger partial charge in [0.05, 0.1) is 0 Å². The summed E-state index contributed by atoms with van der Waals surface area (Å²) in [7, 11) is 0. The quantitative estimate of drug-likeness (QED) is 0.367. The molecule has 0 spiro atoms. The summed E-state index contributed by atoms with van der Waals surface area (Å²) in [6.45, 7) is 2.00. The molecule has 0 aliphatic rings. The Morgan fingerprint density at radius 1 is 1.50 bits per heavy atom. The van der Waals surface area contributed by atoms with Crippen LogP contribution in [-0.4, -0.2) is 12.0 Å². The van der Waals surface area contributed by atoms with Crippen LogP contribution in [0.15, 0.2) is 0 Å². The van der Waals surface area contributed by atoms with E-state index in [-0.39, 0.29) is 16.5 Å². The van der Waals surface area contributed by atoms with Gasteiger partial charge in [0, 0.05) is 16.5 Å². The van der Waals surface area contributed by atoms with Gasteiger partial charge in [-0.2, -0.15) is 0 Å². The van der Waals surface area contributed by atoms with Gasteiger partial charge in [-0.25, -0.2) is 0 Å². The second kappa shape index (κ2) is 55.4. The number of hydrogen-bond donors (Lipinski definition) is 0. The first kappa shape index (κ1) is 16.2. The van der Waals surface area contributed by atoms with Crippen LogP contribution in [0.5, 0.6) is 0 Å². The molecule has 0 aromatic rings. The van der Waals surface area contributed by atoms with Crippen molar-refractivity contribution in [1.29, 1.82) is 0 Å². The second-order valence-corrected chi connectivity index (χ2v) is 0.344. The van der Waals surface area contributed by atoms with Crippen molar-refractivity contribution in [2.75, 3.05) is 0 Å².